The number of nitrogens with zero attached hydrogens (tertiary/aromatic N) is 2. The van der Waals surface area contributed by atoms with Crippen LogP contribution in [-0.2, 0) is 4.79 Å². The second kappa shape index (κ2) is 11.6. The number of aryl methyl sites for hydroxylation is 1. The zero-order valence-electron chi connectivity index (χ0n) is 24.6. The van der Waals surface area contributed by atoms with Gasteiger partial charge < -0.3 is 19.5 Å². The molecule has 8 heteroatoms. The van der Waals surface area contributed by atoms with Crippen LogP contribution in [0.5, 0.6) is 17.2 Å². The third-order valence-electron chi connectivity index (χ3n) is 8.17. The van der Waals surface area contributed by atoms with E-state index < -0.39 is 6.04 Å². The number of pyridine rings is 1. The van der Waals surface area contributed by atoms with Crippen LogP contribution in [0.1, 0.15) is 51.8 Å². The summed E-state index contributed by atoms with van der Waals surface area (Å²) in [7, 11) is 4.54. The van der Waals surface area contributed by atoms with E-state index in [1.807, 2.05) is 36.4 Å². The fraction of sp³-hybridized carbons (Fsp3) is 0.229. The Labute approximate surface area is 250 Å². The van der Waals surface area contributed by atoms with Crippen LogP contribution in [0.3, 0.4) is 0 Å². The van der Waals surface area contributed by atoms with Crippen LogP contribution in [-0.4, -0.2) is 38.0 Å². The van der Waals surface area contributed by atoms with Crippen LogP contribution in [0, 0.1) is 6.92 Å². The number of ketones is 1. The van der Waals surface area contributed by atoms with Gasteiger partial charge in [-0.15, -0.1) is 0 Å². The molecule has 4 aromatic rings. The standard InChI is InChI=1S/C35H33N3O5/c1-21-11-13-22(14-12-21)24-16-27-32(29(39)17-24)33(23-8-7-15-36-20-23)38(28-10-6-5-9-26(28)37-27)35(40)25-18-30(41-2)34(43-4)31(19-25)42-3/h5-15,18-20,24,33,37H,16-17H2,1-4H3/t24-,33-/m1/s1. The Balaban J connectivity index is 1.55. The number of amides is 1. The minimum Gasteiger partial charge on any atom is -0.493 e. The van der Waals surface area contributed by atoms with Crippen molar-refractivity contribution in [1.29, 1.82) is 0 Å². The summed E-state index contributed by atoms with van der Waals surface area (Å²) in [4.78, 5) is 35.0. The molecule has 2 atom stereocenters. The second-order valence-corrected chi connectivity index (χ2v) is 10.8. The molecule has 0 bridgehead atoms. The summed E-state index contributed by atoms with van der Waals surface area (Å²) in [5.74, 6) is 0.780. The first kappa shape index (κ1) is 28.0. The van der Waals surface area contributed by atoms with Crippen LogP contribution < -0.4 is 24.4 Å². The van der Waals surface area contributed by atoms with Crippen LogP contribution in [0.25, 0.3) is 0 Å². The third-order valence-corrected chi connectivity index (χ3v) is 8.17. The number of aromatic nitrogens is 1. The fourth-order valence-corrected chi connectivity index (χ4v) is 6.08. The summed E-state index contributed by atoms with van der Waals surface area (Å²) < 4.78 is 16.6. The summed E-state index contributed by atoms with van der Waals surface area (Å²) >= 11 is 0. The van der Waals surface area contributed by atoms with Gasteiger partial charge in [0.15, 0.2) is 17.3 Å². The first-order valence-corrected chi connectivity index (χ1v) is 14.2. The lowest BCUT2D eigenvalue weighted by Gasteiger charge is -2.35. The Bertz CT molecular complexity index is 1690. The van der Waals surface area contributed by atoms with Crippen molar-refractivity contribution >= 4 is 23.1 Å². The first-order chi connectivity index (χ1) is 20.9. The van der Waals surface area contributed by atoms with Crippen molar-refractivity contribution in [2.45, 2.75) is 31.7 Å². The van der Waals surface area contributed by atoms with Crippen LogP contribution in [0.2, 0.25) is 0 Å². The normalized spacial score (nSPS) is 17.8. The lowest BCUT2D eigenvalue weighted by molar-refractivity contribution is -0.116. The number of Topliss-reactive ketones (excluding diaryl/α,β-unsaturated/α-hetero) is 1. The van der Waals surface area contributed by atoms with Gasteiger partial charge >= 0.3 is 0 Å². The topological polar surface area (TPSA) is 90.0 Å². The number of anilines is 2. The summed E-state index contributed by atoms with van der Waals surface area (Å²) in [5, 5.41) is 3.58. The zero-order valence-corrected chi connectivity index (χ0v) is 24.6. The number of carbonyl (C=O) groups excluding carboxylic acids is 2. The highest BCUT2D eigenvalue weighted by Crippen LogP contribution is 2.48. The van der Waals surface area contributed by atoms with Gasteiger partial charge in [0, 0.05) is 35.6 Å². The third kappa shape index (κ3) is 5.09. The molecule has 0 saturated carbocycles. The largest absolute Gasteiger partial charge is 0.493 e. The number of methoxy groups -OCH3 is 3. The Hall–Kier alpha value is -5.11. The van der Waals surface area contributed by atoms with Crippen molar-refractivity contribution in [3.8, 4) is 17.2 Å². The van der Waals surface area contributed by atoms with Crippen LogP contribution >= 0.6 is 0 Å². The molecule has 8 nitrogen and oxygen atoms in total. The quantitative estimate of drug-likeness (QED) is 0.276. The Morgan fingerprint density at radius 3 is 2.26 bits per heavy atom. The minimum absolute atomic E-state index is 0.0105. The van der Waals surface area contributed by atoms with E-state index >= 15 is 0 Å². The first-order valence-electron chi connectivity index (χ1n) is 14.2. The van der Waals surface area contributed by atoms with Crippen molar-refractivity contribution in [3.63, 3.8) is 0 Å². The van der Waals surface area contributed by atoms with Gasteiger partial charge in [-0.3, -0.25) is 19.5 Å². The van der Waals surface area contributed by atoms with Crippen LogP contribution in [0.15, 0.2) is 96.5 Å². The minimum atomic E-state index is -0.724. The van der Waals surface area contributed by atoms with Crippen LogP contribution in [0.4, 0.5) is 11.4 Å². The molecule has 1 N–H and O–H groups in total. The van der Waals surface area contributed by atoms with Gasteiger partial charge in [-0.05, 0) is 60.7 Å². The fourth-order valence-electron chi connectivity index (χ4n) is 6.08. The predicted octanol–water partition coefficient (Wildman–Crippen LogP) is 6.63. The molecule has 218 valence electrons. The molecule has 0 unspecified atom stereocenters. The average Bonchev–Trinajstić information content (AvgIpc) is 3.19. The molecule has 2 heterocycles. The molecule has 1 aromatic heterocycles. The number of ether oxygens (including phenoxy) is 3. The predicted molar refractivity (Wildman–Crippen MR) is 165 cm³/mol. The Morgan fingerprint density at radius 2 is 1.60 bits per heavy atom. The summed E-state index contributed by atoms with van der Waals surface area (Å²) in [6.07, 6.45) is 4.37. The van der Waals surface area contributed by atoms with E-state index in [-0.39, 0.29) is 17.6 Å². The zero-order chi connectivity index (χ0) is 30.1. The molecule has 1 amide bonds. The highest BCUT2D eigenvalue weighted by Gasteiger charge is 2.42. The number of nitrogens with one attached hydrogen (secondary N) is 1. The molecule has 0 saturated heterocycles. The molecule has 43 heavy (non-hydrogen) atoms. The van der Waals surface area contributed by atoms with E-state index in [9.17, 15) is 9.59 Å². The van der Waals surface area contributed by atoms with E-state index in [0.29, 0.717) is 46.9 Å². The van der Waals surface area contributed by atoms with E-state index in [2.05, 4.69) is 41.5 Å². The maximum atomic E-state index is 14.7. The molecular formula is C35H33N3O5. The molecule has 0 radical (unpaired) electrons. The van der Waals surface area contributed by atoms with Gasteiger partial charge in [0.2, 0.25) is 5.75 Å². The van der Waals surface area contributed by atoms with Crippen molar-refractivity contribution in [2.75, 3.05) is 31.5 Å². The molecule has 6 rings (SSSR count). The van der Waals surface area contributed by atoms with Gasteiger partial charge in [-0.1, -0.05) is 48.0 Å². The van der Waals surface area contributed by atoms with Gasteiger partial charge in [-0.2, -0.15) is 0 Å². The highest BCUT2D eigenvalue weighted by atomic mass is 16.5. The molecule has 2 aliphatic rings. The number of fused-ring (bicyclic) bond motifs is 1. The van der Waals surface area contributed by atoms with E-state index in [1.54, 1.807) is 29.4 Å². The van der Waals surface area contributed by atoms with Gasteiger partial charge in [-0.25, -0.2) is 0 Å². The monoisotopic (exact) mass is 575 g/mol. The SMILES string of the molecule is COc1cc(C(=O)N2c3ccccc3NC3=C(C(=O)C[C@H](c4ccc(C)cc4)C3)[C@H]2c2cccnc2)cc(OC)c1OC. The maximum Gasteiger partial charge on any atom is 0.259 e. The molecular weight excluding hydrogens is 542 g/mol. The van der Waals surface area contributed by atoms with Gasteiger partial charge in [0.05, 0.1) is 38.7 Å². The maximum absolute atomic E-state index is 14.7. The molecule has 0 spiro atoms. The van der Waals surface area contributed by atoms with E-state index in [0.717, 1.165) is 22.5 Å². The lowest BCUT2D eigenvalue weighted by atomic mass is 9.78. The number of allylic oxidation sites excluding steroid dienone is 1. The molecule has 1 aliphatic carbocycles. The molecule has 3 aromatic carbocycles. The number of hydrogen-bond donors (Lipinski definition) is 1. The second-order valence-electron chi connectivity index (χ2n) is 10.8. The van der Waals surface area contributed by atoms with E-state index in [4.69, 9.17) is 14.2 Å². The number of carbonyl (C=O) groups is 2. The van der Waals surface area contributed by atoms with Crippen molar-refractivity contribution in [2.24, 2.45) is 0 Å². The Kier molecular flexibility index (Phi) is 7.59. The summed E-state index contributed by atoms with van der Waals surface area (Å²) in [5.41, 5.74) is 6.10. The molecule has 0 fully saturated rings. The van der Waals surface area contributed by atoms with Crippen molar-refractivity contribution in [1.82, 2.24) is 4.98 Å². The smallest absolute Gasteiger partial charge is 0.259 e. The summed E-state index contributed by atoms with van der Waals surface area (Å²) in [6, 6.07) is 22.3. The van der Waals surface area contributed by atoms with Gasteiger partial charge in [0.1, 0.15) is 0 Å². The van der Waals surface area contributed by atoms with Crippen molar-refractivity contribution in [3.05, 3.63) is 119 Å². The van der Waals surface area contributed by atoms with Crippen molar-refractivity contribution < 1.29 is 23.8 Å². The molecule has 1 aliphatic heterocycles. The average molecular weight is 576 g/mol. The number of benzene rings is 3. The number of hydrogen-bond acceptors (Lipinski definition) is 7. The van der Waals surface area contributed by atoms with E-state index in [1.165, 1.54) is 26.9 Å². The Morgan fingerprint density at radius 1 is 0.884 bits per heavy atom. The number of rotatable bonds is 6. The number of para-hydroxylation sites is 2. The summed E-state index contributed by atoms with van der Waals surface area (Å²) in [6.45, 7) is 2.05. The van der Waals surface area contributed by atoms with Gasteiger partial charge in [0.25, 0.3) is 5.91 Å². The lowest BCUT2D eigenvalue weighted by Crippen LogP contribution is -2.38. The highest BCUT2D eigenvalue weighted by molar-refractivity contribution is 6.12.